The Bertz CT molecular complexity index is 260. The molecule has 70 valence electrons. The Labute approximate surface area is 78.6 Å². The van der Waals surface area contributed by atoms with Gasteiger partial charge in [0.05, 0.1) is 6.17 Å². The minimum Gasteiger partial charge on any atom is -0.316 e. The number of aromatic nitrogens is 1. The molecule has 0 bridgehead atoms. The molecule has 0 radical (unpaired) electrons. The SMILES string of the molecule is NC1CCCN1Cc1ccncc1. The third-order valence-electron chi connectivity index (χ3n) is 2.55. The summed E-state index contributed by atoms with van der Waals surface area (Å²) in [5, 5.41) is 0. The molecule has 2 heterocycles. The third kappa shape index (κ3) is 2.05. The molecule has 0 saturated carbocycles. The molecule has 1 aromatic heterocycles. The largest absolute Gasteiger partial charge is 0.316 e. The van der Waals surface area contributed by atoms with Crippen molar-refractivity contribution in [3.63, 3.8) is 0 Å². The molecule has 1 saturated heterocycles. The summed E-state index contributed by atoms with van der Waals surface area (Å²) in [6, 6.07) is 4.09. The van der Waals surface area contributed by atoms with Gasteiger partial charge in [-0.3, -0.25) is 9.88 Å². The van der Waals surface area contributed by atoms with Gasteiger partial charge in [-0.1, -0.05) is 0 Å². The molecule has 3 heteroatoms. The number of nitrogens with zero attached hydrogens (tertiary/aromatic N) is 2. The molecule has 0 aromatic carbocycles. The van der Waals surface area contributed by atoms with Gasteiger partial charge in [-0.2, -0.15) is 0 Å². The van der Waals surface area contributed by atoms with E-state index in [1.807, 2.05) is 24.5 Å². The molecule has 0 aliphatic carbocycles. The van der Waals surface area contributed by atoms with E-state index < -0.39 is 0 Å². The van der Waals surface area contributed by atoms with E-state index in [1.54, 1.807) is 0 Å². The summed E-state index contributed by atoms with van der Waals surface area (Å²) in [4.78, 5) is 6.30. The highest BCUT2D eigenvalue weighted by Crippen LogP contribution is 2.15. The van der Waals surface area contributed by atoms with E-state index in [4.69, 9.17) is 5.73 Å². The van der Waals surface area contributed by atoms with Gasteiger partial charge < -0.3 is 5.73 Å². The molecule has 13 heavy (non-hydrogen) atoms. The molecule has 1 aliphatic heterocycles. The van der Waals surface area contributed by atoms with E-state index in [2.05, 4.69) is 9.88 Å². The van der Waals surface area contributed by atoms with Gasteiger partial charge in [-0.05, 0) is 30.5 Å². The van der Waals surface area contributed by atoms with Gasteiger partial charge in [0.1, 0.15) is 0 Å². The van der Waals surface area contributed by atoms with Crippen molar-refractivity contribution in [2.24, 2.45) is 5.73 Å². The molecule has 2 N–H and O–H groups in total. The van der Waals surface area contributed by atoms with E-state index in [0.717, 1.165) is 19.5 Å². The molecule has 1 fully saturated rings. The fourth-order valence-electron chi connectivity index (χ4n) is 1.77. The second-order valence-corrected chi connectivity index (χ2v) is 3.54. The van der Waals surface area contributed by atoms with Crippen molar-refractivity contribution in [1.82, 2.24) is 9.88 Å². The van der Waals surface area contributed by atoms with Crippen molar-refractivity contribution < 1.29 is 0 Å². The minimum absolute atomic E-state index is 0.258. The fraction of sp³-hybridized carbons (Fsp3) is 0.500. The summed E-state index contributed by atoms with van der Waals surface area (Å²) in [5.41, 5.74) is 7.24. The minimum atomic E-state index is 0.258. The van der Waals surface area contributed by atoms with E-state index in [1.165, 1.54) is 12.0 Å². The van der Waals surface area contributed by atoms with Crippen LogP contribution >= 0.6 is 0 Å². The molecule has 3 nitrogen and oxygen atoms in total. The highest BCUT2D eigenvalue weighted by molar-refractivity contribution is 5.09. The summed E-state index contributed by atoms with van der Waals surface area (Å²) < 4.78 is 0. The Hall–Kier alpha value is -0.930. The predicted molar refractivity (Wildman–Crippen MR) is 51.9 cm³/mol. The van der Waals surface area contributed by atoms with E-state index in [0.29, 0.717) is 0 Å². The van der Waals surface area contributed by atoms with Crippen LogP contribution in [0.2, 0.25) is 0 Å². The smallest absolute Gasteiger partial charge is 0.0575 e. The Kier molecular flexibility index (Phi) is 2.57. The molecule has 1 aromatic rings. The Morgan fingerprint density at radius 3 is 2.85 bits per heavy atom. The van der Waals surface area contributed by atoms with Gasteiger partial charge in [0.25, 0.3) is 0 Å². The first-order valence-electron chi connectivity index (χ1n) is 4.75. The highest BCUT2D eigenvalue weighted by Gasteiger charge is 2.20. The van der Waals surface area contributed by atoms with Gasteiger partial charge in [0, 0.05) is 25.5 Å². The van der Waals surface area contributed by atoms with E-state index >= 15 is 0 Å². The van der Waals surface area contributed by atoms with Crippen LogP contribution in [0, 0.1) is 0 Å². The topological polar surface area (TPSA) is 42.1 Å². The summed E-state index contributed by atoms with van der Waals surface area (Å²) >= 11 is 0. The number of likely N-dealkylation sites (tertiary alicyclic amines) is 1. The van der Waals surface area contributed by atoms with Crippen molar-refractivity contribution in [1.29, 1.82) is 0 Å². The van der Waals surface area contributed by atoms with E-state index in [9.17, 15) is 0 Å². The normalized spacial score (nSPS) is 23.6. The standard InChI is InChI=1S/C10H15N3/c11-10-2-1-7-13(10)8-9-3-5-12-6-4-9/h3-6,10H,1-2,7-8,11H2. The second-order valence-electron chi connectivity index (χ2n) is 3.54. The lowest BCUT2D eigenvalue weighted by atomic mass is 10.2. The molecule has 0 amide bonds. The summed E-state index contributed by atoms with van der Waals surface area (Å²) in [6.07, 6.45) is 6.28. The van der Waals surface area contributed by atoms with Crippen molar-refractivity contribution in [2.75, 3.05) is 6.54 Å². The van der Waals surface area contributed by atoms with Crippen LogP contribution in [0.25, 0.3) is 0 Å². The monoisotopic (exact) mass is 177 g/mol. The molecular weight excluding hydrogens is 162 g/mol. The van der Waals surface area contributed by atoms with Crippen LogP contribution in [0.1, 0.15) is 18.4 Å². The lowest BCUT2D eigenvalue weighted by molar-refractivity contribution is 0.250. The maximum atomic E-state index is 5.94. The molecule has 1 aliphatic rings. The average Bonchev–Trinajstić information content (AvgIpc) is 2.54. The molecule has 0 spiro atoms. The highest BCUT2D eigenvalue weighted by atomic mass is 15.2. The quantitative estimate of drug-likeness (QED) is 0.731. The average molecular weight is 177 g/mol. The van der Waals surface area contributed by atoms with Crippen LogP contribution in [-0.4, -0.2) is 22.6 Å². The lowest BCUT2D eigenvalue weighted by Crippen LogP contribution is -2.35. The number of rotatable bonds is 2. The number of pyridine rings is 1. The Morgan fingerprint density at radius 2 is 2.23 bits per heavy atom. The van der Waals surface area contributed by atoms with Gasteiger partial charge in [-0.15, -0.1) is 0 Å². The van der Waals surface area contributed by atoms with Crippen LogP contribution in [0.5, 0.6) is 0 Å². The number of hydrogen-bond acceptors (Lipinski definition) is 3. The van der Waals surface area contributed by atoms with Crippen LogP contribution in [0.4, 0.5) is 0 Å². The van der Waals surface area contributed by atoms with Gasteiger partial charge >= 0.3 is 0 Å². The Morgan fingerprint density at radius 1 is 1.46 bits per heavy atom. The zero-order valence-electron chi connectivity index (χ0n) is 7.69. The zero-order valence-corrected chi connectivity index (χ0v) is 7.69. The summed E-state index contributed by atoms with van der Waals surface area (Å²) in [6.45, 7) is 2.09. The summed E-state index contributed by atoms with van der Waals surface area (Å²) in [5.74, 6) is 0. The number of hydrogen-bond donors (Lipinski definition) is 1. The van der Waals surface area contributed by atoms with Crippen molar-refractivity contribution in [3.05, 3.63) is 30.1 Å². The molecule has 1 atom stereocenters. The molecule has 2 rings (SSSR count). The first-order valence-corrected chi connectivity index (χ1v) is 4.75. The van der Waals surface area contributed by atoms with E-state index in [-0.39, 0.29) is 6.17 Å². The van der Waals surface area contributed by atoms with Gasteiger partial charge in [-0.25, -0.2) is 0 Å². The predicted octanol–water partition coefficient (Wildman–Crippen LogP) is 0.962. The molecule has 1 unspecified atom stereocenters. The third-order valence-corrected chi connectivity index (χ3v) is 2.55. The van der Waals surface area contributed by atoms with Crippen molar-refractivity contribution in [3.8, 4) is 0 Å². The maximum absolute atomic E-state index is 5.94. The van der Waals surface area contributed by atoms with Crippen LogP contribution in [0.3, 0.4) is 0 Å². The van der Waals surface area contributed by atoms with Gasteiger partial charge in [0.15, 0.2) is 0 Å². The maximum Gasteiger partial charge on any atom is 0.0575 e. The van der Waals surface area contributed by atoms with Crippen LogP contribution in [-0.2, 0) is 6.54 Å². The first kappa shape index (κ1) is 8.66. The van der Waals surface area contributed by atoms with Crippen molar-refractivity contribution >= 4 is 0 Å². The van der Waals surface area contributed by atoms with Crippen LogP contribution < -0.4 is 5.73 Å². The first-order chi connectivity index (χ1) is 6.36. The zero-order chi connectivity index (χ0) is 9.10. The summed E-state index contributed by atoms with van der Waals surface area (Å²) in [7, 11) is 0. The van der Waals surface area contributed by atoms with Gasteiger partial charge in [0.2, 0.25) is 0 Å². The number of nitrogens with two attached hydrogens (primary N) is 1. The lowest BCUT2D eigenvalue weighted by Gasteiger charge is -2.20. The van der Waals surface area contributed by atoms with Crippen LogP contribution in [0.15, 0.2) is 24.5 Å². The molecular formula is C10H15N3. The second kappa shape index (κ2) is 3.85. The fourth-order valence-corrected chi connectivity index (χ4v) is 1.77. The Balaban J connectivity index is 1.98. The van der Waals surface area contributed by atoms with Crippen molar-refractivity contribution in [2.45, 2.75) is 25.6 Å².